The Morgan fingerprint density at radius 3 is 2.00 bits per heavy atom. The molecular formula is C8H20N3Si+. The van der Waals surface area contributed by atoms with E-state index >= 15 is 0 Å². The van der Waals surface area contributed by atoms with Crippen LogP contribution >= 0.6 is 0 Å². The molecule has 1 atom stereocenters. The van der Waals surface area contributed by atoms with E-state index in [1.165, 1.54) is 19.3 Å². The zero-order chi connectivity index (χ0) is 9.61. The largest absolute Gasteiger partial charge is 0.211 e. The van der Waals surface area contributed by atoms with E-state index in [9.17, 15) is 0 Å². The highest BCUT2D eigenvalue weighted by Gasteiger charge is 2.30. The Balaban J connectivity index is 0.000000354. The lowest BCUT2D eigenvalue weighted by atomic mass is 10.2. The van der Waals surface area contributed by atoms with Crippen LogP contribution in [0.25, 0.3) is 0 Å². The van der Waals surface area contributed by atoms with Crippen LogP contribution < -0.4 is 4.91 Å². The van der Waals surface area contributed by atoms with Crippen molar-refractivity contribution in [2.24, 2.45) is 0 Å². The second-order valence-corrected chi connectivity index (χ2v) is 9.71. The van der Waals surface area contributed by atoms with Crippen molar-refractivity contribution in [2.45, 2.75) is 50.9 Å². The minimum atomic E-state index is -0.694. The molecule has 1 aliphatic heterocycles. The van der Waals surface area contributed by atoms with Gasteiger partial charge in [-0.1, -0.05) is 45.3 Å². The van der Waals surface area contributed by atoms with E-state index in [2.05, 4.69) is 20.0 Å². The topological polar surface area (TPSA) is 61.8 Å². The molecule has 1 fully saturated rings. The number of hydrogen-bond acceptors (Lipinski definition) is 2. The van der Waals surface area contributed by atoms with E-state index in [0.717, 1.165) is 5.54 Å². The van der Waals surface area contributed by atoms with Gasteiger partial charge in [-0.25, -0.2) is 0 Å². The Hall–Kier alpha value is -0.473. The van der Waals surface area contributed by atoms with Gasteiger partial charge in [-0.2, -0.15) is 0 Å². The van der Waals surface area contributed by atoms with Crippen molar-refractivity contribution < 1.29 is 0 Å². The summed E-state index contributed by atoms with van der Waals surface area (Å²) in [5.74, 6) is 0. The summed E-state index contributed by atoms with van der Waals surface area (Å²) in [4.78, 5) is 2.00. The molecule has 0 bridgehead atoms. The quantitative estimate of drug-likeness (QED) is 0.331. The van der Waals surface area contributed by atoms with E-state index in [1.807, 2.05) is 4.91 Å². The van der Waals surface area contributed by atoms with Crippen LogP contribution in [-0.4, -0.2) is 8.07 Å². The first-order valence-corrected chi connectivity index (χ1v) is 7.86. The fourth-order valence-corrected chi connectivity index (χ4v) is 4.31. The molecule has 2 N–H and O–H groups in total. The lowest BCUT2D eigenvalue weighted by molar-refractivity contribution is 0.635. The van der Waals surface area contributed by atoms with Crippen molar-refractivity contribution in [3.8, 4) is 0 Å². The van der Waals surface area contributed by atoms with Crippen molar-refractivity contribution in [2.75, 3.05) is 0 Å². The molecule has 3 nitrogen and oxygen atoms in total. The third-order valence-corrected chi connectivity index (χ3v) is 7.64. The van der Waals surface area contributed by atoms with Crippen LogP contribution in [-0.2, 0) is 0 Å². The molecule has 12 heavy (non-hydrogen) atoms. The fourth-order valence-electron chi connectivity index (χ4n) is 1.67. The van der Waals surface area contributed by atoms with Crippen molar-refractivity contribution in [3.63, 3.8) is 0 Å². The number of rotatable bonds is 0. The number of nitrogens with one attached hydrogen (secondary N) is 2. The second kappa shape index (κ2) is 5.22. The summed E-state index contributed by atoms with van der Waals surface area (Å²) in [5.41, 5.74) is 12.1. The third-order valence-electron chi connectivity index (χ3n) is 3.04. The third kappa shape index (κ3) is 3.79. The van der Waals surface area contributed by atoms with Gasteiger partial charge in [0, 0.05) is 0 Å². The lowest BCUT2D eigenvalue weighted by Gasteiger charge is -2.34. The summed E-state index contributed by atoms with van der Waals surface area (Å²) in [6.07, 6.45) is 4.53. The van der Waals surface area contributed by atoms with Crippen molar-refractivity contribution >= 4 is 8.07 Å². The summed E-state index contributed by atoms with van der Waals surface area (Å²) >= 11 is 0. The molecule has 0 radical (unpaired) electrons. The molecule has 1 aliphatic rings. The fraction of sp³-hybridized carbons (Fsp3) is 1.00. The molecule has 4 heteroatoms. The molecule has 0 aromatic heterocycles. The van der Waals surface area contributed by atoms with Gasteiger partial charge in [0.2, 0.25) is 4.91 Å². The molecule has 70 valence electrons. The average molecular weight is 186 g/mol. The van der Waals surface area contributed by atoms with Crippen LogP contribution in [0.3, 0.4) is 0 Å². The molecule has 0 amide bonds. The Kier molecular flexibility index (Phi) is 5.02. The van der Waals surface area contributed by atoms with Gasteiger partial charge in [0.15, 0.2) is 0 Å². The van der Waals surface area contributed by atoms with E-state index in [-0.39, 0.29) is 0 Å². The maximum Gasteiger partial charge on any atom is 0.211 e. The minimum Gasteiger partial charge on any atom is -0.0692 e. The summed E-state index contributed by atoms with van der Waals surface area (Å²) in [6, 6.07) is 1.58. The van der Waals surface area contributed by atoms with Crippen molar-refractivity contribution in [1.82, 2.24) is 4.91 Å². The van der Waals surface area contributed by atoms with Gasteiger partial charge < -0.3 is 0 Å². The van der Waals surface area contributed by atoms with Crippen LogP contribution in [0.2, 0.25) is 24.7 Å². The van der Waals surface area contributed by atoms with Gasteiger partial charge >= 0.3 is 0 Å². The highest BCUT2D eigenvalue weighted by atomic mass is 28.3. The van der Waals surface area contributed by atoms with Gasteiger partial charge in [0.25, 0.3) is 0 Å². The van der Waals surface area contributed by atoms with Gasteiger partial charge in [0.05, 0.1) is 8.07 Å². The van der Waals surface area contributed by atoms with E-state index in [4.69, 9.17) is 11.1 Å². The predicted molar refractivity (Wildman–Crippen MR) is 53.1 cm³/mol. The Morgan fingerprint density at radius 1 is 1.25 bits per heavy atom. The molecular weight excluding hydrogens is 166 g/mol. The zero-order valence-electron chi connectivity index (χ0n) is 8.35. The van der Waals surface area contributed by atoms with Crippen LogP contribution in [0, 0.1) is 11.1 Å². The molecule has 1 saturated heterocycles. The Bertz CT molecular complexity index is 162. The predicted octanol–water partition coefficient (Wildman–Crippen LogP) is 3.38. The molecule has 0 aromatic carbocycles. The second-order valence-electron chi connectivity index (χ2n) is 4.25. The normalized spacial score (nSPS) is 26.4. The molecule has 0 spiro atoms. The summed E-state index contributed by atoms with van der Waals surface area (Å²) in [7, 11) is -0.694. The highest BCUT2D eigenvalue weighted by molar-refractivity contribution is 6.78. The number of hydrogen-bond donors (Lipinski definition) is 2. The molecule has 0 aromatic rings. The Morgan fingerprint density at radius 2 is 1.75 bits per heavy atom. The molecule has 1 unspecified atom stereocenters. The SMILES string of the molecule is CC1CCCC[Si]1(C)C.N=[N+]=N. The first-order valence-electron chi connectivity index (χ1n) is 4.58. The van der Waals surface area contributed by atoms with Crippen LogP contribution in [0.4, 0.5) is 0 Å². The van der Waals surface area contributed by atoms with Crippen molar-refractivity contribution in [1.29, 1.82) is 11.1 Å². The summed E-state index contributed by atoms with van der Waals surface area (Å²) in [5, 5.41) is 0. The minimum absolute atomic E-state index is 0.694. The number of nitrogens with zero attached hydrogens (tertiary/aromatic N) is 1. The maximum absolute atomic E-state index is 5.50. The molecule has 0 aliphatic carbocycles. The summed E-state index contributed by atoms with van der Waals surface area (Å²) < 4.78 is 0. The smallest absolute Gasteiger partial charge is 0.0692 e. The van der Waals surface area contributed by atoms with Gasteiger partial charge in [0.1, 0.15) is 11.1 Å². The monoisotopic (exact) mass is 186 g/mol. The van der Waals surface area contributed by atoms with Gasteiger partial charge in [-0.05, 0) is 5.54 Å². The first-order chi connectivity index (χ1) is 5.54. The zero-order valence-corrected chi connectivity index (χ0v) is 9.35. The average Bonchev–Trinajstić information content (AvgIpc) is 1.97. The van der Waals surface area contributed by atoms with Gasteiger partial charge in [-0.3, -0.25) is 0 Å². The first kappa shape index (κ1) is 11.5. The van der Waals surface area contributed by atoms with E-state index in [1.54, 1.807) is 6.04 Å². The van der Waals surface area contributed by atoms with Crippen LogP contribution in [0.1, 0.15) is 26.2 Å². The van der Waals surface area contributed by atoms with E-state index in [0.29, 0.717) is 0 Å². The lowest BCUT2D eigenvalue weighted by Crippen LogP contribution is -2.33. The van der Waals surface area contributed by atoms with Crippen LogP contribution in [0.15, 0.2) is 0 Å². The van der Waals surface area contributed by atoms with E-state index < -0.39 is 8.07 Å². The maximum atomic E-state index is 5.50. The highest BCUT2D eigenvalue weighted by Crippen LogP contribution is 2.36. The van der Waals surface area contributed by atoms with Crippen molar-refractivity contribution in [3.05, 3.63) is 0 Å². The summed E-state index contributed by atoms with van der Waals surface area (Å²) in [6.45, 7) is 7.53. The molecule has 1 heterocycles. The van der Waals surface area contributed by atoms with Crippen LogP contribution in [0.5, 0.6) is 0 Å². The molecule has 1 rings (SSSR count). The van der Waals surface area contributed by atoms with Gasteiger partial charge in [-0.15, -0.1) is 0 Å². The Labute approximate surface area is 75.6 Å². The standard InChI is InChI=1S/C8H18Si.H2N3/c1-8-6-4-5-7-9(8,2)3;1-3-2/h8H,4-7H2,1-3H3;1-2H/q;+1. The molecule has 0 saturated carbocycles.